The highest BCUT2D eigenvalue weighted by molar-refractivity contribution is 5.53. The molecule has 112 valence electrons. The van der Waals surface area contributed by atoms with E-state index < -0.39 is 6.10 Å². The predicted molar refractivity (Wildman–Crippen MR) is 90.1 cm³/mol. The van der Waals surface area contributed by atoms with Crippen molar-refractivity contribution >= 4 is 0 Å². The highest BCUT2D eigenvalue weighted by Crippen LogP contribution is 2.34. The Labute approximate surface area is 128 Å². The van der Waals surface area contributed by atoms with Crippen LogP contribution in [0.25, 0.3) is 0 Å². The van der Waals surface area contributed by atoms with Gasteiger partial charge in [0.05, 0.1) is 0 Å². The maximum absolute atomic E-state index is 11.0. The summed E-state index contributed by atoms with van der Waals surface area (Å²) in [5.74, 6) is 0. The van der Waals surface area contributed by atoms with Gasteiger partial charge in [0.1, 0.15) is 6.10 Å². The maximum Gasteiger partial charge on any atom is 0.105 e. The number of benzene rings is 2. The van der Waals surface area contributed by atoms with Gasteiger partial charge in [-0.15, -0.1) is 0 Å². The second-order valence-corrected chi connectivity index (χ2v) is 6.30. The third-order valence-corrected chi connectivity index (χ3v) is 5.06. The highest BCUT2D eigenvalue weighted by atomic mass is 16.3. The summed E-state index contributed by atoms with van der Waals surface area (Å²) in [4.78, 5) is 0. The number of rotatable bonds is 2. The Morgan fingerprint density at radius 1 is 0.714 bits per heavy atom. The molecule has 0 aliphatic heterocycles. The SMILES string of the molecule is Cc1ccc(C)c(C(O)c2c(C)c(C)c(C)c(C)c2C)c1. The summed E-state index contributed by atoms with van der Waals surface area (Å²) in [6.45, 7) is 14.8. The number of aryl methyl sites for hydroxylation is 2. The van der Waals surface area contributed by atoms with Gasteiger partial charge in [0.15, 0.2) is 0 Å². The van der Waals surface area contributed by atoms with E-state index in [-0.39, 0.29) is 0 Å². The Kier molecular flexibility index (Phi) is 4.25. The Balaban J connectivity index is 2.69. The lowest BCUT2D eigenvalue weighted by Crippen LogP contribution is -2.10. The second kappa shape index (κ2) is 5.65. The van der Waals surface area contributed by atoms with Crippen molar-refractivity contribution in [3.05, 3.63) is 68.3 Å². The van der Waals surface area contributed by atoms with Crippen LogP contribution >= 0.6 is 0 Å². The van der Waals surface area contributed by atoms with Crippen LogP contribution in [-0.4, -0.2) is 5.11 Å². The molecule has 0 aromatic heterocycles. The molecule has 2 aromatic rings. The minimum Gasteiger partial charge on any atom is -0.384 e. The molecule has 1 N–H and O–H groups in total. The maximum atomic E-state index is 11.0. The van der Waals surface area contributed by atoms with Gasteiger partial charge >= 0.3 is 0 Å². The first-order valence-electron chi connectivity index (χ1n) is 7.57. The fourth-order valence-electron chi connectivity index (χ4n) is 3.15. The van der Waals surface area contributed by atoms with Gasteiger partial charge in [0.25, 0.3) is 0 Å². The number of aliphatic hydroxyl groups is 1. The third-order valence-electron chi connectivity index (χ3n) is 5.06. The molecule has 0 bridgehead atoms. The minimum absolute atomic E-state index is 0.553. The summed E-state index contributed by atoms with van der Waals surface area (Å²) in [7, 11) is 0. The number of hydrogen-bond acceptors (Lipinski definition) is 1. The van der Waals surface area contributed by atoms with E-state index in [2.05, 4.69) is 66.7 Å². The van der Waals surface area contributed by atoms with E-state index in [1.807, 2.05) is 0 Å². The predicted octanol–water partition coefficient (Wildman–Crippen LogP) is 4.93. The number of aliphatic hydroxyl groups excluding tert-OH is 1. The Morgan fingerprint density at radius 2 is 1.19 bits per heavy atom. The molecule has 21 heavy (non-hydrogen) atoms. The first kappa shape index (κ1) is 15.8. The van der Waals surface area contributed by atoms with Gasteiger partial charge in [0, 0.05) is 0 Å². The van der Waals surface area contributed by atoms with Crippen LogP contribution in [-0.2, 0) is 0 Å². The highest BCUT2D eigenvalue weighted by Gasteiger charge is 2.21. The van der Waals surface area contributed by atoms with Crippen LogP contribution in [0.4, 0.5) is 0 Å². The van der Waals surface area contributed by atoms with Gasteiger partial charge in [-0.2, -0.15) is 0 Å². The lowest BCUT2D eigenvalue weighted by atomic mass is 9.84. The normalized spacial score (nSPS) is 12.6. The second-order valence-electron chi connectivity index (χ2n) is 6.30. The van der Waals surface area contributed by atoms with Gasteiger partial charge in [0.2, 0.25) is 0 Å². The molecule has 0 saturated heterocycles. The molecule has 1 atom stereocenters. The first-order valence-corrected chi connectivity index (χ1v) is 7.57. The lowest BCUT2D eigenvalue weighted by Gasteiger charge is -2.24. The molecule has 2 aromatic carbocycles. The summed E-state index contributed by atoms with van der Waals surface area (Å²) < 4.78 is 0. The zero-order valence-corrected chi connectivity index (χ0v) is 14.3. The zero-order chi connectivity index (χ0) is 15.9. The Morgan fingerprint density at radius 3 is 1.71 bits per heavy atom. The Bertz CT molecular complexity index is 666. The summed E-state index contributed by atoms with van der Waals surface area (Å²) in [6, 6.07) is 6.28. The molecule has 0 saturated carbocycles. The topological polar surface area (TPSA) is 20.2 Å². The van der Waals surface area contributed by atoms with Crippen LogP contribution in [0.3, 0.4) is 0 Å². The van der Waals surface area contributed by atoms with Gasteiger partial charge in [-0.25, -0.2) is 0 Å². The van der Waals surface area contributed by atoms with Crippen molar-refractivity contribution in [3.8, 4) is 0 Å². The van der Waals surface area contributed by atoms with Crippen molar-refractivity contribution < 1.29 is 5.11 Å². The van der Waals surface area contributed by atoms with Gasteiger partial charge < -0.3 is 5.11 Å². The largest absolute Gasteiger partial charge is 0.384 e. The fraction of sp³-hybridized carbons (Fsp3) is 0.400. The molecule has 1 unspecified atom stereocenters. The van der Waals surface area contributed by atoms with Crippen molar-refractivity contribution in [2.45, 2.75) is 54.6 Å². The molecular formula is C20H26O. The molecule has 0 radical (unpaired) electrons. The lowest BCUT2D eigenvalue weighted by molar-refractivity contribution is 0.217. The van der Waals surface area contributed by atoms with Crippen molar-refractivity contribution in [1.29, 1.82) is 0 Å². The first-order chi connectivity index (χ1) is 9.75. The van der Waals surface area contributed by atoms with E-state index in [1.165, 1.54) is 33.4 Å². The van der Waals surface area contributed by atoms with E-state index in [0.717, 1.165) is 16.7 Å². The molecular weight excluding hydrogens is 256 g/mol. The van der Waals surface area contributed by atoms with E-state index in [9.17, 15) is 5.11 Å². The van der Waals surface area contributed by atoms with E-state index in [4.69, 9.17) is 0 Å². The molecule has 0 fully saturated rings. The molecule has 1 nitrogen and oxygen atoms in total. The molecule has 2 rings (SSSR count). The van der Waals surface area contributed by atoms with Gasteiger partial charge in [-0.1, -0.05) is 23.8 Å². The van der Waals surface area contributed by atoms with E-state index in [0.29, 0.717) is 0 Å². The number of hydrogen-bond donors (Lipinski definition) is 1. The third kappa shape index (κ3) is 2.63. The summed E-state index contributed by atoms with van der Waals surface area (Å²) in [6.07, 6.45) is -0.553. The van der Waals surface area contributed by atoms with Crippen LogP contribution in [0, 0.1) is 48.5 Å². The summed E-state index contributed by atoms with van der Waals surface area (Å²) in [5.41, 5.74) is 10.8. The van der Waals surface area contributed by atoms with Crippen LogP contribution in [0.2, 0.25) is 0 Å². The molecule has 1 heteroatoms. The van der Waals surface area contributed by atoms with Crippen molar-refractivity contribution in [2.24, 2.45) is 0 Å². The minimum atomic E-state index is -0.553. The monoisotopic (exact) mass is 282 g/mol. The smallest absolute Gasteiger partial charge is 0.105 e. The van der Waals surface area contributed by atoms with Crippen molar-refractivity contribution in [3.63, 3.8) is 0 Å². The summed E-state index contributed by atoms with van der Waals surface area (Å²) >= 11 is 0. The Hall–Kier alpha value is -1.60. The van der Waals surface area contributed by atoms with Crippen LogP contribution in [0.5, 0.6) is 0 Å². The molecule has 0 aliphatic carbocycles. The zero-order valence-electron chi connectivity index (χ0n) is 14.3. The van der Waals surface area contributed by atoms with E-state index >= 15 is 0 Å². The summed E-state index contributed by atoms with van der Waals surface area (Å²) in [5, 5.41) is 11.0. The van der Waals surface area contributed by atoms with Gasteiger partial charge in [-0.3, -0.25) is 0 Å². The fourth-order valence-corrected chi connectivity index (χ4v) is 3.15. The van der Waals surface area contributed by atoms with Crippen molar-refractivity contribution in [2.75, 3.05) is 0 Å². The molecule has 0 heterocycles. The van der Waals surface area contributed by atoms with Crippen LogP contribution in [0.1, 0.15) is 56.2 Å². The van der Waals surface area contributed by atoms with Crippen LogP contribution < -0.4 is 0 Å². The van der Waals surface area contributed by atoms with E-state index in [1.54, 1.807) is 0 Å². The van der Waals surface area contributed by atoms with Crippen molar-refractivity contribution in [1.82, 2.24) is 0 Å². The average Bonchev–Trinajstić information content (AvgIpc) is 2.45. The van der Waals surface area contributed by atoms with Crippen LogP contribution in [0.15, 0.2) is 18.2 Å². The average molecular weight is 282 g/mol. The molecule has 0 amide bonds. The standard InChI is InChI=1S/C20H26O/c1-11-8-9-12(2)18(10-11)20(21)19-16(6)14(4)13(3)15(5)17(19)7/h8-10,20-21H,1-7H3. The molecule has 0 aliphatic rings. The molecule has 0 spiro atoms. The quantitative estimate of drug-likeness (QED) is 0.828. The van der Waals surface area contributed by atoms with Gasteiger partial charge in [-0.05, 0) is 93.0 Å².